The van der Waals surface area contributed by atoms with Crippen LogP contribution in [0.2, 0.25) is 0 Å². The fraction of sp³-hybridized carbons (Fsp3) is 0.333. The molecule has 0 spiro atoms. The molecule has 0 nitrogen and oxygen atoms in total. The van der Waals surface area contributed by atoms with E-state index in [-0.39, 0.29) is 0 Å². The predicted molar refractivity (Wildman–Crippen MR) is 53.7 cm³/mol. The van der Waals surface area contributed by atoms with Crippen LogP contribution < -0.4 is 0 Å². The highest BCUT2D eigenvalue weighted by atomic mass is 13.9. The molecule has 0 aromatic rings. The van der Waals surface area contributed by atoms with Gasteiger partial charge in [0.2, 0.25) is 0 Å². The van der Waals surface area contributed by atoms with Gasteiger partial charge in [-0.25, -0.2) is 0 Å². The second-order valence-electron chi connectivity index (χ2n) is 2.78. The molecule has 12 heavy (non-hydrogen) atoms. The summed E-state index contributed by atoms with van der Waals surface area (Å²) in [4.78, 5) is 0. The van der Waals surface area contributed by atoms with Crippen LogP contribution in [-0.4, -0.2) is 0 Å². The van der Waals surface area contributed by atoms with Crippen molar-refractivity contribution in [3.63, 3.8) is 0 Å². The van der Waals surface area contributed by atoms with E-state index in [2.05, 4.69) is 48.6 Å². The Bertz CT molecular complexity index is 204. The Balaban J connectivity index is 2.42. The summed E-state index contributed by atoms with van der Waals surface area (Å²) in [6.07, 6.45) is 22.5. The van der Waals surface area contributed by atoms with E-state index in [1.54, 1.807) is 0 Å². The molecule has 0 fully saturated rings. The molecule has 0 unspecified atom stereocenters. The zero-order valence-corrected chi connectivity index (χ0v) is 7.37. The first-order valence-electron chi connectivity index (χ1n) is 4.53. The van der Waals surface area contributed by atoms with E-state index < -0.39 is 0 Å². The Morgan fingerprint density at radius 3 is 2.67 bits per heavy atom. The first-order chi connectivity index (χ1) is 6.00. The minimum Gasteiger partial charge on any atom is -0.0845 e. The fourth-order valence-corrected chi connectivity index (χ4v) is 1.04. The van der Waals surface area contributed by atoms with E-state index >= 15 is 0 Å². The van der Waals surface area contributed by atoms with Crippen LogP contribution in [0, 0.1) is 6.08 Å². The van der Waals surface area contributed by atoms with Crippen LogP contribution in [-0.2, 0) is 0 Å². The molecule has 1 rings (SSSR count). The monoisotopic (exact) mass is 159 g/mol. The maximum Gasteiger partial charge on any atom is -0.0160 e. The lowest BCUT2D eigenvalue weighted by Crippen LogP contribution is -1.70. The first kappa shape index (κ1) is 9.05. The maximum absolute atomic E-state index is 3.27. The molecule has 0 heterocycles. The summed E-state index contributed by atoms with van der Waals surface area (Å²) in [5, 5.41) is 0. The minimum atomic E-state index is 1.01. The van der Waals surface area contributed by atoms with Crippen LogP contribution in [0.15, 0.2) is 42.5 Å². The first-order valence-corrected chi connectivity index (χ1v) is 4.53. The molecule has 0 N–H and O–H groups in total. The summed E-state index contributed by atoms with van der Waals surface area (Å²) < 4.78 is 0. The van der Waals surface area contributed by atoms with E-state index in [1.807, 2.05) is 0 Å². The zero-order valence-electron chi connectivity index (χ0n) is 7.37. The average Bonchev–Trinajstić information content (AvgIpc) is 2.05. The van der Waals surface area contributed by atoms with Gasteiger partial charge >= 0.3 is 0 Å². The Morgan fingerprint density at radius 2 is 1.75 bits per heavy atom. The minimum absolute atomic E-state index is 1.01. The topological polar surface area (TPSA) is 0 Å². The third kappa shape index (κ3) is 4.73. The fourth-order valence-electron chi connectivity index (χ4n) is 1.04. The van der Waals surface area contributed by atoms with Crippen molar-refractivity contribution in [1.82, 2.24) is 0 Å². The van der Waals surface area contributed by atoms with Gasteiger partial charge in [0.15, 0.2) is 0 Å². The van der Waals surface area contributed by atoms with Crippen LogP contribution >= 0.6 is 0 Å². The van der Waals surface area contributed by atoms with Crippen molar-refractivity contribution in [2.45, 2.75) is 25.7 Å². The van der Waals surface area contributed by atoms with E-state index in [0.717, 1.165) is 19.3 Å². The Kier molecular flexibility index (Phi) is 5.02. The highest BCUT2D eigenvalue weighted by Gasteiger charge is 1.80. The van der Waals surface area contributed by atoms with Gasteiger partial charge < -0.3 is 0 Å². The molecule has 0 aliphatic heterocycles. The number of rotatable bonds is 0. The number of hydrogen-bond donors (Lipinski definition) is 0. The summed E-state index contributed by atoms with van der Waals surface area (Å²) in [6, 6.07) is 0. The summed E-state index contributed by atoms with van der Waals surface area (Å²) >= 11 is 0. The van der Waals surface area contributed by atoms with Crippen molar-refractivity contribution >= 4 is 0 Å². The lowest BCUT2D eigenvalue weighted by atomic mass is 10.2. The van der Waals surface area contributed by atoms with Crippen LogP contribution in [0.25, 0.3) is 0 Å². The molecule has 1 aliphatic rings. The summed E-state index contributed by atoms with van der Waals surface area (Å²) in [7, 11) is 0. The third-order valence-corrected chi connectivity index (χ3v) is 1.70. The SMILES string of the molecule is [C]1=C/C\C=C/C=C/C=C\CCC/1. The van der Waals surface area contributed by atoms with Gasteiger partial charge in [-0.1, -0.05) is 42.5 Å². The molecule has 0 saturated heterocycles. The second-order valence-corrected chi connectivity index (χ2v) is 2.78. The Labute approximate surface area is 75.0 Å². The van der Waals surface area contributed by atoms with Gasteiger partial charge in [0.25, 0.3) is 0 Å². The highest BCUT2D eigenvalue weighted by molar-refractivity contribution is 5.11. The van der Waals surface area contributed by atoms with Crippen LogP contribution in [0.5, 0.6) is 0 Å². The smallest absolute Gasteiger partial charge is 0.0160 e. The molecule has 0 atom stereocenters. The molecule has 0 amide bonds. The van der Waals surface area contributed by atoms with Gasteiger partial charge in [0.05, 0.1) is 0 Å². The molecule has 0 heteroatoms. The predicted octanol–water partition coefficient (Wildman–Crippen LogP) is 3.59. The van der Waals surface area contributed by atoms with Crippen molar-refractivity contribution in [3.8, 4) is 0 Å². The average molecular weight is 159 g/mol. The van der Waals surface area contributed by atoms with Crippen molar-refractivity contribution in [2.24, 2.45) is 0 Å². The summed E-state index contributed by atoms with van der Waals surface area (Å²) in [6.45, 7) is 0. The van der Waals surface area contributed by atoms with E-state index in [1.165, 1.54) is 6.42 Å². The molecule has 0 aromatic carbocycles. The van der Waals surface area contributed by atoms with Crippen molar-refractivity contribution in [2.75, 3.05) is 0 Å². The van der Waals surface area contributed by atoms with E-state index in [4.69, 9.17) is 0 Å². The van der Waals surface area contributed by atoms with E-state index in [9.17, 15) is 0 Å². The van der Waals surface area contributed by atoms with Gasteiger partial charge in [-0.15, -0.1) is 0 Å². The molecule has 63 valence electrons. The maximum atomic E-state index is 3.27. The largest absolute Gasteiger partial charge is 0.0845 e. The van der Waals surface area contributed by atoms with Gasteiger partial charge in [-0.3, -0.25) is 0 Å². The number of hydrogen-bond acceptors (Lipinski definition) is 0. The van der Waals surface area contributed by atoms with Gasteiger partial charge in [-0.2, -0.15) is 0 Å². The van der Waals surface area contributed by atoms with Crippen LogP contribution in [0.1, 0.15) is 25.7 Å². The standard InChI is InChI=1S/C12H15/c1-2-4-6-8-10-12-11-9-7-5-3-1/h1-6,9H,7-8,10,12H2/b2-1+,5-3-,6-4-,11-9?. The zero-order chi connectivity index (χ0) is 8.49. The van der Waals surface area contributed by atoms with Crippen molar-refractivity contribution in [1.29, 1.82) is 0 Å². The van der Waals surface area contributed by atoms with Gasteiger partial charge in [0.1, 0.15) is 0 Å². The van der Waals surface area contributed by atoms with Crippen LogP contribution in [0.4, 0.5) is 0 Å². The quantitative estimate of drug-likeness (QED) is 0.506. The summed E-state index contributed by atoms with van der Waals surface area (Å²) in [5.74, 6) is 0. The highest BCUT2D eigenvalue weighted by Crippen LogP contribution is 1.99. The van der Waals surface area contributed by atoms with Crippen LogP contribution in [0.3, 0.4) is 0 Å². The summed E-state index contributed by atoms with van der Waals surface area (Å²) in [5.41, 5.74) is 0. The normalized spacial score (nSPS) is 29.3. The molecule has 1 aliphatic carbocycles. The lowest BCUT2D eigenvalue weighted by molar-refractivity contribution is 0.852. The lowest BCUT2D eigenvalue weighted by Gasteiger charge is -1.89. The Morgan fingerprint density at radius 1 is 0.917 bits per heavy atom. The second kappa shape index (κ2) is 6.66. The number of allylic oxidation sites excluding steroid dienone is 8. The molecular formula is C12H15. The molecular weight excluding hydrogens is 144 g/mol. The molecule has 1 radical (unpaired) electrons. The van der Waals surface area contributed by atoms with Crippen molar-refractivity contribution < 1.29 is 0 Å². The van der Waals surface area contributed by atoms with Gasteiger partial charge in [-0.05, 0) is 31.8 Å². The molecule has 0 saturated carbocycles. The molecule has 0 bridgehead atoms. The third-order valence-electron chi connectivity index (χ3n) is 1.70. The van der Waals surface area contributed by atoms with E-state index in [0.29, 0.717) is 0 Å². The van der Waals surface area contributed by atoms with Gasteiger partial charge in [0, 0.05) is 0 Å². The molecule has 0 aromatic heterocycles. The van der Waals surface area contributed by atoms with Crippen molar-refractivity contribution in [3.05, 3.63) is 48.6 Å². The Hall–Kier alpha value is -1.04.